The lowest BCUT2D eigenvalue weighted by molar-refractivity contribution is -0.124. The minimum atomic E-state index is -0.953. The van der Waals surface area contributed by atoms with Gasteiger partial charge in [-0.15, -0.1) is 0 Å². The lowest BCUT2D eigenvalue weighted by Crippen LogP contribution is -2.44. The molecular weight excluding hydrogens is 270 g/mol. The van der Waals surface area contributed by atoms with E-state index in [4.69, 9.17) is 21.1 Å². The molecule has 2 rings (SSSR count). The van der Waals surface area contributed by atoms with Gasteiger partial charge in [0.2, 0.25) is 0 Å². The molecule has 5 nitrogen and oxygen atoms in total. The summed E-state index contributed by atoms with van der Waals surface area (Å²) < 4.78 is 10.4. The number of nitrogens with one attached hydrogen (secondary N) is 1. The topological polar surface area (TPSA) is 67.8 Å². The first-order valence-electron chi connectivity index (χ1n) is 6.03. The molecule has 0 saturated carbocycles. The zero-order valence-electron chi connectivity index (χ0n) is 10.4. The minimum Gasteiger partial charge on any atom is -0.484 e. The van der Waals surface area contributed by atoms with Crippen LogP contribution in [0.3, 0.4) is 0 Å². The summed E-state index contributed by atoms with van der Waals surface area (Å²) in [4.78, 5) is 11.6. The summed E-state index contributed by atoms with van der Waals surface area (Å²) in [6, 6.07) is 6.82. The first-order valence-corrected chi connectivity index (χ1v) is 6.40. The number of hydrogen-bond donors (Lipinski definition) is 2. The Kier molecular flexibility index (Phi) is 4.63. The van der Waals surface area contributed by atoms with Gasteiger partial charge in [0.25, 0.3) is 5.91 Å². The van der Waals surface area contributed by atoms with Gasteiger partial charge >= 0.3 is 0 Å². The van der Waals surface area contributed by atoms with E-state index in [9.17, 15) is 9.90 Å². The largest absolute Gasteiger partial charge is 0.484 e. The van der Waals surface area contributed by atoms with E-state index < -0.39 is 5.60 Å². The molecule has 104 valence electrons. The third kappa shape index (κ3) is 4.38. The molecule has 0 radical (unpaired) electrons. The number of aliphatic hydroxyl groups is 1. The van der Waals surface area contributed by atoms with E-state index in [0.29, 0.717) is 23.8 Å². The SMILES string of the molecule is O=C(COc1cccc(Cl)c1)NCC1(O)CCOC1. The lowest BCUT2D eigenvalue weighted by atomic mass is 10.0. The third-order valence-corrected chi connectivity index (χ3v) is 3.10. The molecule has 1 aliphatic heterocycles. The zero-order valence-corrected chi connectivity index (χ0v) is 11.2. The van der Waals surface area contributed by atoms with Gasteiger partial charge < -0.3 is 19.9 Å². The van der Waals surface area contributed by atoms with Gasteiger partial charge in [-0.25, -0.2) is 0 Å². The molecule has 0 aromatic heterocycles. The van der Waals surface area contributed by atoms with Crippen LogP contribution in [0.1, 0.15) is 6.42 Å². The van der Waals surface area contributed by atoms with Crippen molar-refractivity contribution in [3.8, 4) is 5.75 Å². The second kappa shape index (κ2) is 6.23. The maximum atomic E-state index is 11.6. The normalized spacial score (nSPS) is 22.2. The average Bonchev–Trinajstić information content (AvgIpc) is 2.82. The molecule has 1 aliphatic rings. The van der Waals surface area contributed by atoms with Crippen molar-refractivity contribution in [3.05, 3.63) is 29.3 Å². The predicted octanol–water partition coefficient (Wildman–Crippen LogP) is 0.986. The number of carbonyl (C=O) groups excluding carboxylic acids is 1. The van der Waals surface area contributed by atoms with E-state index in [-0.39, 0.29) is 25.7 Å². The summed E-state index contributed by atoms with van der Waals surface area (Å²) in [5.74, 6) is 0.242. The lowest BCUT2D eigenvalue weighted by Gasteiger charge is -2.20. The second-order valence-electron chi connectivity index (χ2n) is 4.55. The molecule has 1 atom stereocenters. The van der Waals surface area contributed by atoms with E-state index >= 15 is 0 Å². The zero-order chi connectivity index (χ0) is 13.7. The Morgan fingerprint density at radius 3 is 3.11 bits per heavy atom. The number of hydrogen-bond acceptors (Lipinski definition) is 4. The highest BCUT2D eigenvalue weighted by molar-refractivity contribution is 6.30. The van der Waals surface area contributed by atoms with Crippen molar-refractivity contribution in [1.29, 1.82) is 0 Å². The van der Waals surface area contributed by atoms with E-state index in [1.807, 2.05) is 0 Å². The fourth-order valence-electron chi connectivity index (χ4n) is 1.76. The van der Waals surface area contributed by atoms with Crippen LogP contribution in [0.15, 0.2) is 24.3 Å². The van der Waals surface area contributed by atoms with E-state index in [1.54, 1.807) is 24.3 Å². The van der Waals surface area contributed by atoms with Crippen molar-refractivity contribution in [1.82, 2.24) is 5.32 Å². The van der Waals surface area contributed by atoms with E-state index in [1.165, 1.54) is 0 Å². The fourth-order valence-corrected chi connectivity index (χ4v) is 1.94. The van der Waals surface area contributed by atoms with Gasteiger partial charge in [0, 0.05) is 24.6 Å². The van der Waals surface area contributed by atoms with Crippen LogP contribution < -0.4 is 10.1 Å². The van der Waals surface area contributed by atoms with Crippen LogP contribution in [0, 0.1) is 0 Å². The van der Waals surface area contributed by atoms with Gasteiger partial charge in [-0.2, -0.15) is 0 Å². The Morgan fingerprint density at radius 1 is 1.58 bits per heavy atom. The van der Waals surface area contributed by atoms with Gasteiger partial charge in [0.15, 0.2) is 6.61 Å². The average molecular weight is 286 g/mol. The van der Waals surface area contributed by atoms with Crippen molar-refractivity contribution in [2.24, 2.45) is 0 Å². The van der Waals surface area contributed by atoms with Crippen LogP contribution in [-0.4, -0.2) is 43.0 Å². The van der Waals surface area contributed by atoms with Crippen LogP contribution in [-0.2, 0) is 9.53 Å². The summed E-state index contributed by atoms with van der Waals surface area (Å²) in [7, 11) is 0. The number of carbonyl (C=O) groups is 1. The second-order valence-corrected chi connectivity index (χ2v) is 4.99. The maximum Gasteiger partial charge on any atom is 0.258 e. The monoisotopic (exact) mass is 285 g/mol. The van der Waals surface area contributed by atoms with Crippen molar-refractivity contribution < 1.29 is 19.4 Å². The molecule has 1 heterocycles. The number of benzene rings is 1. The number of ether oxygens (including phenoxy) is 2. The van der Waals surface area contributed by atoms with Crippen molar-refractivity contribution in [2.75, 3.05) is 26.4 Å². The number of amides is 1. The molecule has 0 spiro atoms. The molecule has 1 amide bonds. The summed E-state index contributed by atoms with van der Waals surface area (Å²) in [6.07, 6.45) is 0.530. The van der Waals surface area contributed by atoms with Crippen molar-refractivity contribution in [3.63, 3.8) is 0 Å². The Hall–Kier alpha value is -1.30. The highest BCUT2D eigenvalue weighted by atomic mass is 35.5. The molecule has 2 N–H and O–H groups in total. The summed E-state index contributed by atoms with van der Waals surface area (Å²) in [5, 5.41) is 13.1. The molecule has 1 saturated heterocycles. The molecule has 19 heavy (non-hydrogen) atoms. The van der Waals surface area contributed by atoms with Crippen LogP contribution in [0.25, 0.3) is 0 Å². The molecular formula is C13H16ClNO4. The van der Waals surface area contributed by atoms with Crippen LogP contribution in [0.4, 0.5) is 0 Å². The Labute approximate surface area is 116 Å². The van der Waals surface area contributed by atoms with E-state index in [2.05, 4.69) is 5.32 Å². The smallest absolute Gasteiger partial charge is 0.258 e. The van der Waals surface area contributed by atoms with E-state index in [0.717, 1.165) is 0 Å². The van der Waals surface area contributed by atoms with Gasteiger partial charge in [0.05, 0.1) is 6.61 Å². The highest BCUT2D eigenvalue weighted by Crippen LogP contribution is 2.18. The molecule has 0 bridgehead atoms. The Morgan fingerprint density at radius 2 is 2.42 bits per heavy atom. The van der Waals surface area contributed by atoms with Crippen LogP contribution in [0.2, 0.25) is 5.02 Å². The van der Waals surface area contributed by atoms with Crippen LogP contribution >= 0.6 is 11.6 Å². The molecule has 1 aromatic rings. The van der Waals surface area contributed by atoms with Gasteiger partial charge in [-0.3, -0.25) is 4.79 Å². The Bertz CT molecular complexity index is 446. The highest BCUT2D eigenvalue weighted by Gasteiger charge is 2.32. The maximum absolute atomic E-state index is 11.6. The first-order chi connectivity index (χ1) is 9.07. The quantitative estimate of drug-likeness (QED) is 0.846. The molecule has 1 aromatic carbocycles. The number of rotatable bonds is 5. The standard InChI is InChI=1S/C13H16ClNO4/c14-10-2-1-3-11(6-10)19-7-12(16)15-8-13(17)4-5-18-9-13/h1-3,6,17H,4-5,7-9H2,(H,15,16). The molecule has 1 unspecified atom stereocenters. The molecule has 0 aliphatic carbocycles. The first kappa shape index (κ1) is 14.1. The predicted molar refractivity (Wildman–Crippen MR) is 70.3 cm³/mol. The third-order valence-electron chi connectivity index (χ3n) is 2.86. The summed E-state index contributed by atoms with van der Waals surface area (Å²) in [6.45, 7) is 0.829. The van der Waals surface area contributed by atoms with Crippen molar-refractivity contribution >= 4 is 17.5 Å². The van der Waals surface area contributed by atoms with Gasteiger partial charge in [-0.05, 0) is 18.2 Å². The van der Waals surface area contributed by atoms with Crippen molar-refractivity contribution in [2.45, 2.75) is 12.0 Å². The number of halogens is 1. The Balaban J connectivity index is 1.73. The minimum absolute atomic E-state index is 0.114. The van der Waals surface area contributed by atoms with Crippen LogP contribution in [0.5, 0.6) is 5.75 Å². The fraction of sp³-hybridized carbons (Fsp3) is 0.462. The van der Waals surface area contributed by atoms with Gasteiger partial charge in [0.1, 0.15) is 11.4 Å². The molecule has 1 fully saturated rings. The van der Waals surface area contributed by atoms with Gasteiger partial charge in [-0.1, -0.05) is 17.7 Å². The molecule has 6 heteroatoms. The summed E-state index contributed by atoms with van der Waals surface area (Å²) in [5.41, 5.74) is -0.953. The summed E-state index contributed by atoms with van der Waals surface area (Å²) >= 11 is 5.80.